The van der Waals surface area contributed by atoms with E-state index in [9.17, 15) is 9.59 Å². The Morgan fingerprint density at radius 3 is 2.50 bits per heavy atom. The van der Waals surface area contributed by atoms with Crippen molar-refractivity contribution in [1.82, 2.24) is 4.90 Å². The molecular weight excluding hydrogens is 490 g/mol. The molecule has 0 bridgehead atoms. The zero-order valence-corrected chi connectivity index (χ0v) is 21.2. The van der Waals surface area contributed by atoms with Crippen molar-refractivity contribution in [2.45, 2.75) is 40.0 Å². The molecular formula is C25H28BrNO4S. The second-order valence-corrected chi connectivity index (χ2v) is 9.76. The van der Waals surface area contributed by atoms with Crippen molar-refractivity contribution in [3.63, 3.8) is 0 Å². The number of hydrogen-bond donors (Lipinski definition) is 0. The first-order valence-corrected chi connectivity index (χ1v) is 12.3. The van der Waals surface area contributed by atoms with E-state index in [1.165, 1.54) is 4.90 Å². The van der Waals surface area contributed by atoms with Gasteiger partial charge in [0.15, 0.2) is 0 Å². The molecule has 5 nitrogen and oxygen atoms in total. The third-order valence-electron chi connectivity index (χ3n) is 4.95. The number of halogens is 1. The molecule has 0 radical (unpaired) electrons. The van der Waals surface area contributed by atoms with Crippen LogP contribution in [0, 0.1) is 6.92 Å². The van der Waals surface area contributed by atoms with Crippen molar-refractivity contribution in [2.75, 3.05) is 19.8 Å². The highest BCUT2D eigenvalue weighted by Gasteiger charge is 2.34. The highest BCUT2D eigenvalue weighted by atomic mass is 79.9. The fourth-order valence-electron chi connectivity index (χ4n) is 3.27. The molecule has 1 saturated heterocycles. The topological polar surface area (TPSA) is 55.8 Å². The Labute approximate surface area is 202 Å². The summed E-state index contributed by atoms with van der Waals surface area (Å²) in [4.78, 5) is 26.9. The van der Waals surface area contributed by atoms with Gasteiger partial charge in [0.2, 0.25) is 0 Å². The van der Waals surface area contributed by atoms with Gasteiger partial charge in [0.25, 0.3) is 11.1 Å². The van der Waals surface area contributed by atoms with E-state index >= 15 is 0 Å². The van der Waals surface area contributed by atoms with Gasteiger partial charge in [-0.3, -0.25) is 14.5 Å². The smallest absolute Gasteiger partial charge is 0.293 e. The predicted octanol–water partition coefficient (Wildman–Crippen LogP) is 6.79. The standard InChI is InChI=1S/C25H28BrNO4S/c1-5-11-30-21-9-7-18(14-20(21)26)15-23-24(28)27(25(29)32-23)10-12-31-22-13-17(4)6-8-19(22)16(2)3/h6-9,13-16H,5,10-12H2,1-4H3/b23-15-. The summed E-state index contributed by atoms with van der Waals surface area (Å²) in [5.74, 6) is 1.59. The summed E-state index contributed by atoms with van der Waals surface area (Å²) in [6, 6.07) is 11.7. The van der Waals surface area contributed by atoms with E-state index in [0.717, 1.165) is 50.8 Å². The third kappa shape index (κ3) is 5.95. The van der Waals surface area contributed by atoms with Gasteiger partial charge in [0.05, 0.1) is 22.5 Å². The summed E-state index contributed by atoms with van der Waals surface area (Å²) in [6.07, 6.45) is 2.66. The molecule has 0 saturated carbocycles. The summed E-state index contributed by atoms with van der Waals surface area (Å²) < 4.78 is 12.4. The second-order valence-electron chi connectivity index (χ2n) is 7.92. The minimum absolute atomic E-state index is 0.209. The van der Waals surface area contributed by atoms with Gasteiger partial charge in [-0.1, -0.05) is 39.0 Å². The number of benzene rings is 2. The van der Waals surface area contributed by atoms with E-state index in [0.29, 0.717) is 17.4 Å². The highest BCUT2D eigenvalue weighted by molar-refractivity contribution is 9.10. The van der Waals surface area contributed by atoms with Crippen LogP contribution in [-0.2, 0) is 4.79 Å². The Balaban J connectivity index is 1.65. The van der Waals surface area contributed by atoms with Crippen LogP contribution in [0.25, 0.3) is 6.08 Å². The molecule has 2 amide bonds. The van der Waals surface area contributed by atoms with Crippen molar-refractivity contribution in [3.05, 3.63) is 62.5 Å². The number of carbonyl (C=O) groups excluding carboxylic acids is 2. The minimum atomic E-state index is -0.292. The number of hydrogen-bond acceptors (Lipinski definition) is 5. The molecule has 1 heterocycles. The minimum Gasteiger partial charge on any atom is -0.492 e. The maximum Gasteiger partial charge on any atom is 0.293 e. The molecule has 1 fully saturated rings. The van der Waals surface area contributed by atoms with Crippen LogP contribution in [0.2, 0.25) is 0 Å². The highest BCUT2D eigenvalue weighted by Crippen LogP contribution is 2.34. The van der Waals surface area contributed by atoms with Gasteiger partial charge in [0, 0.05) is 0 Å². The Bertz CT molecular complexity index is 1030. The molecule has 0 aliphatic carbocycles. The lowest BCUT2D eigenvalue weighted by Crippen LogP contribution is -2.32. The van der Waals surface area contributed by atoms with E-state index in [1.807, 2.05) is 38.1 Å². The molecule has 3 rings (SSSR count). The van der Waals surface area contributed by atoms with Crippen LogP contribution in [0.5, 0.6) is 11.5 Å². The van der Waals surface area contributed by atoms with Crippen LogP contribution >= 0.6 is 27.7 Å². The number of carbonyl (C=O) groups is 2. The average Bonchev–Trinajstić information content (AvgIpc) is 3.00. The van der Waals surface area contributed by atoms with Crippen LogP contribution in [0.4, 0.5) is 4.79 Å². The van der Waals surface area contributed by atoms with Gasteiger partial charge >= 0.3 is 0 Å². The fraction of sp³-hybridized carbons (Fsp3) is 0.360. The molecule has 1 aliphatic rings. The molecule has 170 valence electrons. The van der Waals surface area contributed by atoms with Gasteiger partial charge in [-0.2, -0.15) is 0 Å². The predicted molar refractivity (Wildman–Crippen MR) is 133 cm³/mol. The fourth-order valence-corrected chi connectivity index (χ4v) is 4.65. The third-order valence-corrected chi connectivity index (χ3v) is 6.48. The molecule has 2 aromatic rings. The number of aryl methyl sites for hydroxylation is 1. The second kappa shape index (κ2) is 11.1. The van der Waals surface area contributed by atoms with Crippen LogP contribution in [0.1, 0.15) is 49.8 Å². The SMILES string of the molecule is CCCOc1ccc(/C=C2\SC(=O)N(CCOc3cc(C)ccc3C(C)C)C2=O)cc1Br. The van der Waals surface area contributed by atoms with Crippen LogP contribution in [0.3, 0.4) is 0 Å². The number of nitrogens with zero attached hydrogens (tertiary/aromatic N) is 1. The zero-order chi connectivity index (χ0) is 23.3. The van der Waals surface area contributed by atoms with E-state index < -0.39 is 0 Å². The lowest BCUT2D eigenvalue weighted by molar-refractivity contribution is -0.123. The van der Waals surface area contributed by atoms with Gasteiger partial charge in [-0.15, -0.1) is 0 Å². The van der Waals surface area contributed by atoms with E-state index in [2.05, 4.69) is 41.9 Å². The van der Waals surface area contributed by atoms with Crippen LogP contribution < -0.4 is 9.47 Å². The summed E-state index contributed by atoms with van der Waals surface area (Å²) in [5, 5.41) is -0.278. The van der Waals surface area contributed by atoms with Crippen molar-refractivity contribution < 1.29 is 19.1 Å². The maximum atomic E-state index is 12.8. The maximum absolute atomic E-state index is 12.8. The Morgan fingerprint density at radius 1 is 1.06 bits per heavy atom. The van der Waals surface area contributed by atoms with Crippen LogP contribution in [-0.4, -0.2) is 35.8 Å². The monoisotopic (exact) mass is 517 g/mol. The van der Waals surface area contributed by atoms with Crippen LogP contribution in [0.15, 0.2) is 45.8 Å². The lowest BCUT2D eigenvalue weighted by atomic mass is 10.0. The normalized spacial score (nSPS) is 15.2. The molecule has 0 spiro atoms. The number of thioether (sulfide) groups is 1. The largest absolute Gasteiger partial charge is 0.492 e. The van der Waals surface area contributed by atoms with Gasteiger partial charge in [-0.25, -0.2) is 0 Å². The Morgan fingerprint density at radius 2 is 1.81 bits per heavy atom. The molecule has 7 heteroatoms. The van der Waals surface area contributed by atoms with E-state index in [1.54, 1.807) is 6.08 Å². The summed E-state index contributed by atoms with van der Waals surface area (Å²) in [6.45, 7) is 9.39. The van der Waals surface area contributed by atoms with Crippen molar-refractivity contribution >= 4 is 44.9 Å². The molecule has 2 aromatic carbocycles. The van der Waals surface area contributed by atoms with Crippen molar-refractivity contribution in [2.24, 2.45) is 0 Å². The average molecular weight is 518 g/mol. The van der Waals surface area contributed by atoms with Gasteiger partial charge < -0.3 is 9.47 Å². The number of rotatable bonds is 9. The van der Waals surface area contributed by atoms with Crippen molar-refractivity contribution in [3.8, 4) is 11.5 Å². The molecule has 0 N–H and O–H groups in total. The first-order chi connectivity index (χ1) is 15.3. The quantitative estimate of drug-likeness (QED) is 0.343. The summed E-state index contributed by atoms with van der Waals surface area (Å²) in [5.41, 5.74) is 3.04. The first kappa shape index (κ1) is 24.4. The molecule has 0 aromatic heterocycles. The molecule has 0 atom stereocenters. The number of imide groups is 1. The Kier molecular flexibility index (Phi) is 8.43. The zero-order valence-electron chi connectivity index (χ0n) is 18.8. The summed E-state index contributed by atoms with van der Waals surface area (Å²) >= 11 is 4.46. The molecule has 1 aliphatic heterocycles. The van der Waals surface area contributed by atoms with Gasteiger partial charge in [0.1, 0.15) is 18.1 Å². The number of ether oxygens (including phenoxy) is 2. The van der Waals surface area contributed by atoms with E-state index in [-0.39, 0.29) is 24.3 Å². The van der Waals surface area contributed by atoms with Crippen molar-refractivity contribution in [1.29, 1.82) is 0 Å². The van der Waals surface area contributed by atoms with E-state index in [4.69, 9.17) is 9.47 Å². The Hall–Kier alpha value is -2.25. The first-order valence-electron chi connectivity index (χ1n) is 10.7. The van der Waals surface area contributed by atoms with Gasteiger partial charge in [-0.05, 0) is 87.9 Å². The summed E-state index contributed by atoms with van der Waals surface area (Å²) in [7, 11) is 0. The molecule has 32 heavy (non-hydrogen) atoms. The lowest BCUT2D eigenvalue weighted by Gasteiger charge is -2.17. The molecule has 0 unspecified atom stereocenters. The number of amides is 2.